The molecule has 0 saturated carbocycles. The van der Waals surface area contributed by atoms with Crippen molar-refractivity contribution >= 4 is 19.8 Å². The smallest absolute Gasteiger partial charge is 0.457 e. The first kappa shape index (κ1) is 46.7. The molecule has 10 nitrogen and oxygen atoms in total. The molecule has 0 rings (SSSR count). The van der Waals surface area contributed by atoms with Crippen LogP contribution in [0, 0.1) is 0 Å². The van der Waals surface area contributed by atoms with Crippen molar-refractivity contribution in [2.75, 3.05) is 26.4 Å². The zero-order chi connectivity index (χ0) is 35.6. The summed E-state index contributed by atoms with van der Waals surface area (Å²) in [6.45, 7) is 2.16. The predicted molar refractivity (Wildman–Crippen MR) is 192 cm³/mol. The lowest BCUT2D eigenvalue weighted by atomic mass is 10.1. The molecule has 48 heavy (non-hydrogen) atoms. The zero-order valence-corrected chi connectivity index (χ0v) is 31.4. The van der Waals surface area contributed by atoms with Gasteiger partial charge in [-0.25, -0.2) is 4.57 Å². The molecule has 3 unspecified atom stereocenters. The Labute approximate surface area is 292 Å². The number of phosphoric acid groups is 1. The molecule has 3 N–H and O–H groups in total. The Balaban J connectivity index is 3.96. The minimum atomic E-state index is -4.62. The Hall–Kier alpha value is -1.29. The lowest BCUT2D eigenvalue weighted by Gasteiger charge is -2.20. The molecule has 0 radical (unpaired) electrons. The van der Waals surface area contributed by atoms with E-state index in [0.717, 1.165) is 51.4 Å². The summed E-state index contributed by atoms with van der Waals surface area (Å²) < 4.78 is 32.4. The maximum absolute atomic E-state index is 12.3. The second kappa shape index (κ2) is 34.2. The van der Waals surface area contributed by atoms with E-state index in [1.54, 1.807) is 0 Å². The van der Waals surface area contributed by atoms with Crippen LogP contribution in [0.4, 0.5) is 0 Å². The summed E-state index contributed by atoms with van der Waals surface area (Å²) >= 11 is 0. The summed E-state index contributed by atoms with van der Waals surface area (Å²) in [7, 11) is -4.62. The number of allylic oxidation sites excluding steroid dienone is 2. The average Bonchev–Trinajstić information content (AvgIpc) is 3.07. The average molecular weight is 707 g/mol. The van der Waals surface area contributed by atoms with Crippen LogP contribution in [-0.4, -0.2) is 65.7 Å². The van der Waals surface area contributed by atoms with Gasteiger partial charge >= 0.3 is 19.8 Å². The number of hydrogen-bond donors (Lipinski definition) is 3. The van der Waals surface area contributed by atoms with Gasteiger partial charge in [0.15, 0.2) is 0 Å². The first-order chi connectivity index (χ1) is 23.3. The quantitative estimate of drug-likeness (QED) is 0.0249. The topological polar surface area (TPSA) is 149 Å². The lowest BCUT2D eigenvalue weighted by Crippen LogP contribution is -2.28. The fourth-order valence-corrected chi connectivity index (χ4v) is 6.01. The molecular formula is C37H71O10P. The van der Waals surface area contributed by atoms with Gasteiger partial charge in [0, 0.05) is 12.8 Å². The normalized spacial score (nSPS) is 14.2. The minimum absolute atomic E-state index is 0.185. The summed E-state index contributed by atoms with van der Waals surface area (Å²) in [5, 5.41) is 19.0. The van der Waals surface area contributed by atoms with Crippen molar-refractivity contribution in [3.05, 3.63) is 12.2 Å². The van der Waals surface area contributed by atoms with Gasteiger partial charge in [-0.3, -0.25) is 18.6 Å². The Morgan fingerprint density at radius 1 is 0.542 bits per heavy atom. The van der Waals surface area contributed by atoms with Crippen molar-refractivity contribution in [1.82, 2.24) is 0 Å². The number of rotatable bonds is 36. The van der Waals surface area contributed by atoms with Crippen LogP contribution in [-0.2, 0) is 32.7 Å². The van der Waals surface area contributed by atoms with E-state index in [1.165, 1.54) is 83.5 Å². The molecule has 0 fully saturated rings. The molecule has 0 heterocycles. The second-order valence-corrected chi connectivity index (χ2v) is 14.4. The number of phosphoric ester groups is 1. The van der Waals surface area contributed by atoms with E-state index in [4.69, 9.17) is 18.5 Å². The molecule has 0 saturated heterocycles. The zero-order valence-electron chi connectivity index (χ0n) is 30.5. The van der Waals surface area contributed by atoms with Crippen LogP contribution in [0.5, 0.6) is 0 Å². The number of aliphatic hydroxyl groups excluding tert-OH is 2. The third-order valence-corrected chi connectivity index (χ3v) is 9.18. The largest absolute Gasteiger partial charge is 0.472 e. The highest BCUT2D eigenvalue weighted by molar-refractivity contribution is 7.47. The summed E-state index contributed by atoms with van der Waals surface area (Å²) in [5.41, 5.74) is 0. The third-order valence-electron chi connectivity index (χ3n) is 8.23. The summed E-state index contributed by atoms with van der Waals surface area (Å²) in [5.74, 6) is -1.03. The number of esters is 2. The van der Waals surface area contributed by atoms with Crippen molar-refractivity contribution in [3.63, 3.8) is 0 Å². The Morgan fingerprint density at radius 3 is 1.19 bits per heavy atom. The summed E-state index contributed by atoms with van der Waals surface area (Å²) in [4.78, 5) is 34.3. The third kappa shape index (κ3) is 31.9. The lowest BCUT2D eigenvalue weighted by molar-refractivity contribution is -0.153. The van der Waals surface area contributed by atoms with Gasteiger partial charge in [-0.15, -0.1) is 0 Å². The maximum Gasteiger partial charge on any atom is 0.472 e. The number of carbonyl (C=O) groups excluding carboxylic acids is 2. The molecule has 0 bridgehead atoms. The van der Waals surface area contributed by atoms with Crippen molar-refractivity contribution in [2.45, 2.75) is 187 Å². The number of carbonyl (C=O) groups is 2. The van der Waals surface area contributed by atoms with E-state index in [0.29, 0.717) is 12.8 Å². The molecule has 0 aromatic rings. The minimum Gasteiger partial charge on any atom is -0.457 e. The molecular weight excluding hydrogens is 635 g/mol. The van der Waals surface area contributed by atoms with Crippen LogP contribution in [0.1, 0.15) is 174 Å². The SMILES string of the molecule is CCCCCCCCC/C=C\CCCCCCCC(=O)OC(CO)COP(=O)(O)OCC(CO)OC(=O)CCCCCCCCCCC. The fourth-order valence-electron chi connectivity index (χ4n) is 5.23. The highest BCUT2D eigenvalue weighted by atomic mass is 31.2. The number of unbranched alkanes of at least 4 members (excludes halogenated alkanes) is 20. The van der Waals surface area contributed by atoms with Crippen molar-refractivity contribution in [3.8, 4) is 0 Å². The highest BCUT2D eigenvalue weighted by Crippen LogP contribution is 2.43. The van der Waals surface area contributed by atoms with E-state index in [2.05, 4.69) is 26.0 Å². The van der Waals surface area contributed by atoms with Crippen LogP contribution in [0.2, 0.25) is 0 Å². The van der Waals surface area contributed by atoms with Gasteiger partial charge in [-0.2, -0.15) is 0 Å². The van der Waals surface area contributed by atoms with Gasteiger partial charge in [-0.1, -0.05) is 135 Å². The molecule has 11 heteroatoms. The number of hydrogen-bond acceptors (Lipinski definition) is 9. The molecule has 0 aliphatic heterocycles. The van der Waals surface area contributed by atoms with Gasteiger partial charge in [0.1, 0.15) is 12.2 Å². The standard InChI is InChI=1S/C37H71O10P/c1-3-5-7-9-11-13-14-15-16-17-18-19-21-23-25-27-29-37(41)47-35(31-39)33-45-48(42,43)44-32-34(30-38)46-36(40)28-26-24-22-20-12-10-8-6-4-2/h16-17,34-35,38-39H,3-15,18-33H2,1-2H3,(H,42,43)/b17-16-. The molecule has 0 spiro atoms. The molecule has 0 aliphatic carbocycles. The maximum atomic E-state index is 12.3. The van der Waals surface area contributed by atoms with Gasteiger partial charge in [0.2, 0.25) is 0 Å². The molecule has 284 valence electrons. The predicted octanol–water partition coefficient (Wildman–Crippen LogP) is 9.28. The number of aliphatic hydroxyl groups is 2. The first-order valence-corrected chi connectivity index (χ1v) is 20.6. The van der Waals surface area contributed by atoms with Crippen LogP contribution < -0.4 is 0 Å². The van der Waals surface area contributed by atoms with Crippen molar-refractivity contribution in [1.29, 1.82) is 0 Å². The van der Waals surface area contributed by atoms with Gasteiger partial charge in [0.25, 0.3) is 0 Å². The molecule has 3 atom stereocenters. The van der Waals surface area contributed by atoms with E-state index < -0.39 is 58.4 Å². The second-order valence-electron chi connectivity index (χ2n) is 12.9. The molecule has 0 amide bonds. The highest BCUT2D eigenvalue weighted by Gasteiger charge is 2.27. The summed E-state index contributed by atoms with van der Waals surface area (Å²) in [6, 6.07) is 0. The monoisotopic (exact) mass is 706 g/mol. The van der Waals surface area contributed by atoms with E-state index in [1.807, 2.05) is 0 Å². The van der Waals surface area contributed by atoms with Crippen molar-refractivity contribution < 1.29 is 47.8 Å². The van der Waals surface area contributed by atoms with Gasteiger partial charge in [-0.05, 0) is 38.5 Å². The van der Waals surface area contributed by atoms with E-state index >= 15 is 0 Å². The van der Waals surface area contributed by atoms with Crippen LogP contribution in [0.15, 0.2) is 12.2 Å². The van der Waals surface area contributed by atoms with Crippen LogP contribution >= 0.6 is 7.82 Å². The Kier molecular flexibility index (Phi) is 33.3. The van der Waals surface area contributed by atoms with Gasteiger partial charge in [0.05, 0.1) is 26.4 Å². The van der Waals surface area contributed by atoms with Crippen molar-refractivity contribution in [2.24, 2.45) is 0 Å². The molecule has 0 aromatic heterocycles. The summed E-state index contributed by atoms with van der Waals surface area (Å²) in [6.07, 6.45) is 29.1. The Morgan fingerprint density at radius 2 is 0.854 bits per heavy atom. The number of ether oxygens (including phenoxy) is 2. The Bertz CT molecular complexity index is 822. The fraction of sp³-hybridized carbons (Fsp3) is 0.892. The van der Waals surface area contributed by atoms with Crippen LogP contribution in [0.3, 0.4) is 0 Å². The van der Waals surface area contributed by atoms with Gasteiger partial charge < -0.3 is 24.6 Å². The van der Waals surface area contributed by atoms with Crippen LogP contribution in [0.25, 0.3) is 0 Å². The van der Waals surface area contributed by atoms with E-state index in [9.17, 15) is 29.3 Å². The molecule has 0 aliphatic rings. The molecule has 0 aromatic carbocycles. The van der Waals surface area contributed by atoms with E-state index in [-0.39, 0.29) is 12.8 Å². The first-order valence-electron chi connectivity index (χ1n) is 19.1.